The van der Waals surface area contributed by atoms with E-state index in [1.54, 1.807) is 0 Å². The minimum absolute atomic E-state index is 0.324. The minimum atomic E-state index is -0.348. The van der Waals surface area contributed by atoms with E-state index in [-0.39, 0.29) is 6.10 Å². The summed E-state index contributed by atoms with van der Waals surface area (Å²) in [6, 6.07) is 16.9. The number of rotatable bonds is 3. The van der Waals surface area contributed by atoms with Crippen molar-refractivity contribution in [2.45, 2.75) is 32.3 Å². The Balaban J connectivity index is 1.80. The Bertz CT molecular complexity index is 548. The van der Waals surface area contributed by atoms with Gasteiger partial charge in [-0.1, -0.05) is 55.5 Å². The lowest BCUT2D eigenvalue weighted by atomic mass is 9.92. The SMILES string of the molecule is CCc1cccc(C(O)C2Cc3ccccc3C2)c1. The molecule has 0 fully saturated rings. The van der Waals surface area contributed by atoms with E-state index in [0.29, 0.717) is 5.92 Å². The third-order valence-electron chi connectivity index (χ3n) is 4.23. The highest BCUT2D eigenvalue weighted by Crippen LogP contribution is 2.35. The molecule has 0 aromatic heterocycles. The Labute approximate surface area is 114 Å². The van der Waals surface area contributed by atoms with Crippen molar-refractivity contribution in [2.75, 3.05) is 0 Å². The predicted octanol–water partition coefficient (Wildman–Crippen LogP) is 3.70. The molecule has 0 saturated carbocycles. The number of fused-ring (bicyclic) bond motifs is 1. The normalized spacial score (nSPS) is 16.3. The first kappa shape index (κ1) is 12.4. The summed E-state index contributed by atoms with van der Waals surface area (Å²) < 4.78 is 0. The van der Waals surface area contributed by atoms with Gasteiger partial charge in [-0.05, 0) is 47.4 Å². The van der Waals surface area contributed by atoms with Gasteiger partial charge >= 0.3 is 0 Å². The van der Waals surface area contributed by atoms with Gasteiger partial charge in [-0.3, -0.25) is 0 Å². The standard InChI is InChI=1S/C18H20O/c1-2-13-6-5-9-16(10-13)18(19)17-11-14-7-3-4-8-15(14)12-17/h3-10,17-19H,2,11-12H2,1H3. The van der Waals surface area contributed by atoms with Crippen LogP contribution in [0.5, 0.6) is 0 Å². The van der Waals surface area contributed by atoms with E-state index >= 15 is 0 Å². The lowest BCUT2D eigenvalue weighted by molar-refractivity contribution is 0.113. The third-order valence-corrected chi connectivity index (χ3v) is 4.23. The maximum Gasteiger partial charge on any atom is 0.0824 e. The predicted molar refractivity (Wildman–Crippen MR) is 78.1 cm³/mol. The minimum Gasteiger partial charge on any atom is -0.388 e. The summed E-state index contributed by atoms with van der Waals surface area (Å²) in [5, 5.41) is 10.6. The van der Waals surface area contributed by atoms with Crippen molar-refractivity contribution in [3.63, 3.8) is 0 Å². The second kappa shape index (κ2) is 5.18. The molecule has 3 rings (SSSR count). The van der Waals surface area contributed by atoms with Crippen molar-refractivity contribution in [1.29, 1.82) is 0 Å². The van der Waals surface area contributed by atoms with Gasteiger partial charge < -0.3 is 5.11 Å². The van der Waals surface area contributed by atoms with Gasteiger partial charge in [0.05, 0.1) is 6.10 Å². The molecule has 0 amide bonds. The van der Waals surface area contributed by atoms with Crippen molar-refractivity contribution in [2.24, 2.45) is 5.92 Å². The van der Waals surface area contributed by atoms with Crippen LogP contribution < -0.4 is 0 Å². The zero-order valence-corrected chi connectivity index (χ0v) is 11.3. The van der Waals surface area contributed by atoms with Gasteiger partial charge in [-0.15, -0.1) is 0 Å². The van der Waals surface area contributed by atoms with Crippen LogP contribution in [-0.2, 0) is 19.3 Å². The van der Waals surface area contributed by atoms with Gasteiger partial charge in [-0.2, -0.15) is 0 Å². The zero-order valence-electron chi connectivity index (χ0n) is 11.3. The van der Waals surface area contributed by atoms with Crippen LogP contribution in [0.25, 0.3) is 0 Å². The molecule has 1 N–H and O–H groups in total. The molecule has 19 heavy (non-hydrogen) atoms. The van der Waals surface area contributed by atoms with E-state index in [0.717, 1.165) is 24.8 Å². The van der Waals surface area contributed by atoms with Gasteiger partial charge in [-0.25, -0.2) is 0 Å². The molecule has 0 saturated heterocycles. The lowest BCUT2D eigenvalue weighted by Crippen LogP contribution is -2.13. The molecule has 1 heteroatoms. The molecule has 1 aliphatic carbocycles. The fraction of sp³-hybridized carbons (Fsp3) is 0.333. The van der Waals surface area contributed by atoms with Gasteiger partial charge in [0.25, 0.3) is 0 Å². The highest BCUT2D eigenvalue weighted by Gasteiger charge is 2.28. The monoisotopic (exact) mass is 252 g/mol. The van der Waals surface area contributed by atoms with Crippen LogP contribution in [0.3, 0.4) is 0 Å². The second-order valence-corrected chi connectivity index (χ2v) is 5.48. The molecule has 0 heterocycles. The molecule has 1 nitrogen and oxygen atoms in total. The topological polar surface area (TPSA) is 20.2 Å². The molecular weight excluding hydrogens is 232 g/mol. The summed E-state index contributed by atoms with van der Waals surface area (Å²) in [6.45, 7) is 2.15. The molecule has 98 valence electrons. The van der Waals surface area contributed by atoms with Crippen LogP contribution in [0.4, 0.5) is 0 Å². The van der Waals surface area contributed by atoms with Crippen molar-refractivity contribution in [1.82, 2.24) is 0 Å². The molecule has 0 bridgehead atoms. The van der Waals surface area contributed by atoms with Crippen LogP contribution in [-0.4, -0.2) is 5.11 Å². The Morgan fingerprint density at radius 2 is 1.74 bits per heavy atom. The van der Waals surface area contributed by atoms with Crippen molar-refractivity contribution >= 4 is 0 Å². The molecule has 1 unspecified atom stereocenters. The Kier molecular flexibility index (Phi) is 3.39. The average molecular weight is 252 g/mol. The summed E-state index contributed by atoms with van der Waals surface area (Å²) in [4.78, 5) is 0. The third kappa shape index (κ3) is 2.43. The number of benzene rings is 2. The quantitative estimate of drug-likeness (QED) is 0.883. The van der Waals surface area contributed by atoms with Gasteiger partial charge in [0.1, 0.15) is 0 Å². The highest BCUT2D eigenvalue weighted by atomic mass is 16.3. The first-order valence-corrected chi connectivity index (χ1v) is 7.11. The number of aliphatic hydroxyl groups excluding tert-OH is 1. The first-order chi connectivity index (χ1) is 9.28. The second-order valence-electron chi connectivity index (χ2n) is 5.48. The maximum atomic E-state index is 10.6. The zero-order chi connectivity index (χ0) is 13.2. The van der Waals surface area contributed by atoms with Crippen molar-refractivity contribution in [3.8, 4) is 0 Å². The molecule has 2 aromatic carbocycles. The van der Waals surface area contributed by atoms with Gasteiger partial charge in [0.15, 0.2) is 0 Å². The number of aryl methyl sites for hydroxylation is 1. The Morgan fingerprint density at radius 3 is 2.37 bits per heavy atom. The summed E-state index contributed by atoms with van der Waals surface area (Å²) in [6.07, 6.45) is 2.66. The molecule has 0 aliphatic heterocycles. The molecule has 1 atom stereocenters. The van der Waals surface area contributed by atoms with E-state index in [2.05, 4.69) is 49.4 Å². The van der Waals surface area contributed by atoms with Gasteiger partial charge in [0.2, 0.25) is 0 Å². The van der Waals surface area contributed by atoms with Crippen molar-refractivity contribution in [3.05, 3.63) is 70.8 Å². The molecule has 0 radical (unpaired) electrons. The van der Waals surface area contributed by atoms with Crippen LogP contribution in [0.15, 0.2) is 48.5 Å². The largest absolute Gasteiger partial charge is 0.388 e. The fourth-order valence-corrected chi connectivity index (χ4v) is 3.09. The fourth-order valence-electron chi connectivity index (χ4n) is 3.09. The van der Waals surface area contributed by atoms with Crippen LogP contribution in [0.2, 0.25) is 0 Å². The summed E-state index contributed by atoms with van der Waals surface area (Å²) in [5.41, 5.74) is 5.17. The highest BCUT2D eigenvalue weighted by molar-refractivity contribution is 5.34. The van der Waals surface area contributed by atoms with Crippen LogP contribution in [0.1, 0.15) is 35.3 Å². The molecule has 2 aromatic rings. The molecule has 0 spiro atoms. The number of hydrogen-bond acceptors (Lipinski definition) is 1. The maximum absolute atomic E-state index is 10.6. The molecular formula is C18H20O. The van der Waals surface area contributed by atoms with Gasteiger partial charge in [0, 0.05) is 0 Å². The van der Waals surface area contributed by atoms with E-state index in [1.165, 1.54) is 16.7 Å². The van der Waals surface area contributed by atoms with E-state index in [4.69, 9.17) is 0 Å². The smallest absolute Gasteiger partial charge is 0.0824 e. The average Bonchev–Trinajstić information content (AvgIpc) is 2.90. The Morgan fingerprint density at radius 1 is 1.05 bits per heavy atom. The summed E-state index contributed by atoms with van der Waals surface area (Å²) in [5.74, 6) is 0.324. The summed E-state index contributed by atoms with van der Waals surface area (Å²) >= 11 is 0. The number of aliphatic hydroxyl groups is 1. The first-order valence-electron chi connectivity index (χ1n) is 7.11. The van der Waals surface area contributed by atoms with E-state index in [1.807, 2.05) is 6.07 Å². The van der Waals surface area contributed by atoms with E-state index in [9.17, 15) is 5.11 Å². The Hall–Kier alpha value is -1.60. The lowest BCUT2D eigenvalue weighted by Gasteiger charge is -2.18. The van der Waals surface area contributed by atoms with E-state index < -0.39 is 0 Å². The van der Waals surface area contributed by atoms with Crippen LogP contribution in [0, 0.1) is 5.92 Å². The summed E-state index contributed by atoms with van der Waals surface area (Å²) in [7, 11) is 0. The van der Waals surface area contributed by atoms with Crippen LogP contribution >= 0.6 is 0 Å². The van der Waals surface area contributed by atoms with Crippen molar-refractivity contribution < 1.29 is 5.11 Å². The number of hydrogen-bond donors (Lipinski definition) is 1. The molecule has 1 aliphatic rings.